The summed E-state index contributed by atoms with van der Waals surface area (Å²) in [6, 6.07) is 6.63. The summed E-state index contributed by atoms with van der Waals surface area (Å²) in [4.78, 5) is 0. The maximum absolute atomic E-state index is 13.1. The summed E-state index contributed by atoms with van der Waals surface area (Å²) in [5.41, 5.74) is 1.58. The number of nitrogens with one attached hydrogen (secondary N) is 1. The van der Waals surface area contributed by atoms with Gasteiger partial charge in [0.2, 0.25) is 0 Å². The molecule has 19 heavy (non-hydrogen) atoms. The summed E-state index contributed by atoms with van der Waals surface area (Å²) in [5, 5.41) is 3.21. The van der Waals surface area contributed by atoms with E-state index in [0.29, 0.717) is 24.5 Å². The van der Waals surface area contributed by atoms with Gasteiger partial charge in [-0.1, -0.05) is 6.92 Å². The Morgan fingerprint density at radius 3 is 2.89 bits per heavy atom. The minimum atomic E-state index is -0.219. The second-order valence-electron chi connectivity index (χ2n) is 4.35. The van der Waals surface area contributed by atoms with Crippen molar-refractivity contribution in [1.29, 1.82) is 0 Å². The molecule has 0 fully saturated rings. The minimum absolute atomic E-state index is 0.219. The maximum Gasteiger partial charge on any atom is 0.126 e. The molecule has 0 spiro atoms. The Labute approximate surface area is 112 Å². The number of furan rings is 1. The second-order valence-corrected chi connectivity index (χ2v) is 4.35. The molecule has 0 aliphatic rings. The van der Waals surface area contributed by atoms with Crippen LogP contribution in [-0.4, -0.2) is 6.54 Å². The number of halogens is 1. The van der Waals surface area contributed by atoms with Crippen molar-refractivity contribution in [3.63, 3.8) is 0 Å². The van der Waals surface area contributed by atoms with Crippen LogP contribution in [0.4, 0.5) is 4.39 Å². The predicted octanol–water partition coefficient (Wildman–Crippen LogP) is 3.42. The number of hydrogen-bond donors (Lipinski definition) is 1. The Morgan fingerprint density at radius 2 is 2.16 bits per heavy atom. The van der Waals surface area contributed by atoms with E-state index in [1.54, 1.807) is 25.3 Å². The minimum Gasteiger partial charge on any atom is -0.489 e. The fraction of sp³-hybridized carbons (Fsp3) is 0.333. The molecule has 0 unspecified atom stereocenters. The van der Waals surface area contributed by atoms with Gasteiger partial charge in [-0.3, -0.25) is 0 Å². The van der Waals surface area contributed by atoms with Gasteiger partial charge >= 0.3 is 0 Å². The van der Waals surface area contributed by atoms with Crippen molar-refractivity contribution >= 4 is 0 Å². The van der Waals surface area contributed by atoms with Crippen LogP contribution >= 0.6 is 0 Å². The van der Waals surface area contributed by atoms with Gasteiger partial charge in [-0.15, -0.1) is 0 Å². The Hall–Kier alpha value is -1.81. The Bertz CT molecular complexity index is 537. The first-order chi connectivity index (χ1) is 9.20. The molecule has 0 saturated heterocycles. The van der Waals surface area contributed by atoms with E-state index in [2.05, 4.69) is 5.32 Å². The maximum atomic E-state index is 13.1. The van der Waals surface area contributed by atoms with Crippen molar-refractivity contribution in [2.75, 3.05) is 6.54 Å². The Morgan fingerprint density at radius 1 is 1.32 bits per heavy atom. The highest BCUT2D eigenvalue weighted by molar-refractivity contribution is 5.29. The van der Waals surface area contributed by atoms with Crippen molar-refractivity contribution in [2.45, 2.75) is 27.0 Å². The second kappa shape index (κ2) is 6.38. The molecular weight excluding hydrogens is 245 g/mol. The Kier molecular flexibility index (Phi) is 4.58. The zero-order chi connectivity index (χ0) is 13.7. The average molecular weight is 263 g/mol. The third-order valence-electron chi connectivity index (χ3n) is 2.90. The SMILES string of the molecule is CCNCc1occc1COc1ccc(F)c(C)c1. The number of rotatable bonds is 6. The van der Waals surface area contributed by atoms with Crippen LogP contribution in [0.2, 0.25) is 0 Å². The van der Waals surface area contributed by atoms with Gasteiger partial charge in [-0.25, -0.2) is 4.39 Å². The monoisotopic (exact) mass is 263 g/mol. The smallest absolute Gasteiger partial charge is 0.126 e. The van der Waals surface area contributed by atoms with Gasteiger partial charge in [-0.2, -0.15) is 0 Å². The molecular formula is C15H18FNO2. The fourth-order valence-electron chi connectivity index (χ4n) is 1.76. The van der Waals surface area contributed by atoms with E-state index in [1.165, 1.54) is 6.07 Å². The lowest BCUT2D eigenvalue weighted by molar-refractivity contribution is 0.300. The summed E-state index contributed by atoms with van der Waals surface area (Å²) in [7, 11) is 0. The molecule has 0 aliphatic heterocycles. The molecule has 1 aromatic carbocycles. The fourth-order valence-corrected chi connectivity index (χ4v) is 1.76. The van der Waals surface area contributed by atoms with Crippen LogP contribution in [0.1, 0.15) is 23.8 Å². The van der Waals surface area contributed by atoms with E-state index >= 15 is 0 Å². The van der Waals surface area contributed by atoms with Crippen molar-refractivity contribution in [2.24, 2.45) is 0 Å². The van der Waals surface area contributed by atoms with Gasteiger partial charge in [-0.05, 0) is 43.3 Å². The summed E-state index contributed by atoms with van der Waals surface area (Å²) >= 11 is 0. The van der Waals surface area contributed by atoms with E-state index in [4.69, 9.17) is 9.15 Å². The first kappa shape index (κ1) is 13.6. The van der Waals surface area contributed by atoms with Gasteiger partial charge in [0.15, 0.2) is 0 Å². The van der Waals surface area contributed by atoms with Gasteiger partial charge < -0.3 is 14.5 Å². The van der Waals surface area contributed by atoms with Gasteiger partial charge in [0, 0.05) is 5.56 Å². The van der Waals surface area contributed by atoms with Crippen LogP contribution in [0.3, 0.4) is 0 Å². The molecule has 3 nitrogen and oxygen atoms in total. The molecule has 2 aromatic rings. The number of hydrogen-bond acceptors (Lipinski definition) is 3. The lowest BCUT2D eigenvalue weighted by Gasteiger charge is -2.08. The van der Waals surface area contributed by atoms with E-state index in [0.717, 1.165) is 17.9 Å². The lowest BCUT2D eigenvalue weighted by atomic mass is 10.2. The third kappa shape index (κ3) is 3.58. The lowest BCUT2D eigenvalue weighted by Crippen LogP contribution is -2.12. The van der Waals surface area contributed by atoms with Gasteiger partial charge in [0.1, 0.15) is 23.9 Å². The molecule has 0 bridgehead atoms. The molecule has 0 atom stereocenters. The topological polar surface area (TPSA) is 34.4 Å². The normalized spacial score (nSPS) is 10.7. The first-order valence-electron chi connectivity index (χ1n) is 6.35. The molecule has 4 heteroatoms. The van der Waals surface area contributed by atoms with Gasteiger partial charge in [0.05, 0.1) is 12.8 Å². The highest BCUT2D eigenvalue weighted by Gasteiger charge is 2.07. The first-order valence-corrected chi connectivity index (χ1v) is 6.35. The molecule has 102 valence electrons. The standard InChI is InChI=1S/C15H18FNO2/c1-3-17-9-15-12(6-7-18-15)10-19-13-4-5-14(16)11(2)8-13/h4-8,17H,3,9-10H2,1-2H3. The van der Waals surface area contributed by atoms with Crippen molar-refractivity contribution in [1.82, 2.24) is 5.32 Å². The molecule has 0 amide bonds. The largest absolute Gasteiger partial charge is 0.489 e. The molecule has 0 saturated carbocycles. The Balaban J connectivity index is 1.98. The third-order valence-corrected chi connectivity index (χ3v) is 2.90. The highest BCUT2D eigenvalue weighted by Crippen LogP contribution is 2.19. The van der Waals surface area contributed by atoms with Crippen LogP contribution in [0.15, 0.2) is 34.9 Å². The van der Waals surface area contributed by atoms with Gasteiger partial charge in [0.25, 0.3) is 0 Å². The van der Waals surface area contributed by atoms with Crippen LogP contribution < -0.4 is 10.1 Å². The van der Waals surface area contributed by atoms with Crippen LogP contribution in [0.25, 0.3) is 0 Å². The van der Waals surface area contributed by atoms with E-state index < -0.39 is 0 Å². The van der Waals surface area contributed by atoms with Crippen LogP contribution in [-0.2, 0) is 13.2 Å². The average Bonchev–Trinajstić information content (AvgIpc) is 2.85. The summed E-state index contributed by atoms with van der Waals surface area (Å²) in [6.07, 6.45) is 1.65. The molecule has 0 aliphatic carbocycles. The van der Waals surface area contributed by atoms with E-state index in [1.807, 2.05) is 13.0 Å². The summed E-state index contributed by atoms with van der Waals surface area (Å²) in [5.74, 6) is 1.32. The molecule has 1 N–H and O–H groups in total. The number of aryl methyl sites for hydroxylation is 1. The molecule has 0 radical (unpaired) electrons. The molecule has 1 heterocycles. The summed E-state index contributed by atoms with van der Waals surface area (Å²) in [6.45, 7) is 5.75. The van der Waals surface area contributed by atoms with Crippen molar-refractivity contribution < 1.29 is 13.5 Å². The zero-order valence-corrected chi connectivity index (χ0v) is 11.2. The highest BCUT2D eigenvalue weighted by atomic mass is 19.1. The quantitative estimate of drug-likeness (QED) is 0.867. The summed E-state index contributed by atoms with van der Waals surface area (Å²) < 4.78 is 24.2. The number of benzene rings is 1. The van der Waals surface area contributed by atoms with Crippen LogP contribution in [0, 0.1) is 12.7 Å². The molecule has 2 rings (SSSR count). The molecule has 1 aromatic heterocycles. The van der Waals surface area contributed by atoms with Crippen molar-refractivity contribution in [3.05, 3.63) is 53.2 Å². The number of ether oxygens (including phenoxy) is 1. The van der Waals surface area contributed by atoms with E-state index in [9.17, 15) is 4.39 Å². The predicted molar refractivity (Wildman–Crippen MR) is 71.6 cm³/mol. The van der Waals surface area contributed by atoms with E-state index in [-0.39, 0.29) is 5.82 Å². The van der Waals surface area contributed by atoms with Crippen LogP contribution in [0.5, 0.6) is 5.75 Å². The van der Waals surface area contributed by atoms with Crippen molar-refractivity contribution in [3.8, 4) is 5.75 Å². The zero-order valence-electron chi connectivity index (χ0n) is 11.2.